The van der Waals surface area contributed by atoms with Crippen LogP contribution in [0, 0.1) is 5.92 Å². The van der Waals surface area contributed by atoms with E-state index < -0.39 is 4.75 Å². The first kappa shape index (κ1) is 14.9. The van der Waals surface area contributed by atoms with Gasteiger partial charge in [0.05, 0.1) is 10.7 Å². The molecule has 1 saturated heterocycles. The van der Waals surface area contributed by atoms with E-state index in [1.165, 1.54) is 11.8 Å². The molecule has 2 aliphatic heterocycles. The highest BCUT2D eigenvalue weighted by Crippen LogP contribution is 2.44. The molecule has 0 spiro atoms. The van der Waals surface area contributed by atoms with Crippen molar-refractivity contribution in [1.29, 1.82) is 0 Å². The predicted molar refractivity (Wildman–Crippen MR) is 87.1 cm³/mol. The SMILES string of the molecule is CC1(C2CCOCC2)SC(Nc2ccccc2Cl)=NC1=O. The lowest BCUT2D eigenvalue weighted by molar-refractivity contribution is -0.121. The number of benzene rings is 1. The normalized spacial score (nSPS) is 26.8. The zero-order valence-corrected chi connectivity index (χ0v) is 13.3. The van der Waals surface area contributed by atoms with E-state index in [1.807, 2.05) is 31.2 Å². The van der Waals surface area contributed by atoms with Crippen molar-refractivity contribution in [2.75, 3.05) is 18.5 Å². The van der Waals surface area contributed by atoms with Crippen LogP contribution in [0.3, 0.4) is 0 Å². The van der Waals surface area contributed by atoms with Crippen LogP contribution < -0.4 is 5.32 Å². The first-order valence-electron chi connectivity index (χ1n) is 7.01. The Morgan fingerprint density at radius 2 is 2.10 bits per heavy atom. The molecule has 6 heteroatoms. The highest BCUT2D eigenvalue weighted by Gasteiger charge is 2.47. The number of hydrogen-bond acceptors (Lipinski definition) is 4. The van der Waals surface area contributed by atoms with Crippen LogP contribution in [0.15, 0.2) is 29.3 Å². The van der Waals surface area contributed by atoms with Gasteiger partial charge in [-0.3, -0.25) is 4.79 Å². The van der Waals surface area contributed by atoms with Crippen molar-refractivity contribution in [3.8, 4) is 0 Å². The van der Waals surface area contributed by atoms with E-state index in [0.717, 1.165) is 31.7 Å². The van der Waals surface area contributed by atoms with Gasteiger partial charge in [0.1, 0.15) is 4.75 Å². The lowest BCUT2D eigenvalue weighted by Crippen LogP contribution is -2.40. The molecule has 1 aromatic rings. The molecule has 21 heavy (non-hydrogen) atoms. The molecule has 0 radical (unpaired) electrons. The third kappa shape index (κ3) is 2.96. The van der Waals surface area contributed by atoms with Crippen LogP contribution in [0.4, 0.5) is 5.69 Å². The number of hydrogen-bond donors (Lipinski definition) is 1. The molecule has 2 aliphatic rings. The maximum atomic E-state index is 12.4. The maximum Gasteiger partial charge on any atom is 0.264 e. The van der Waals surface area contributed by atoms with Gasteiger partial charge in [0.2, 0.25) is 0 Å². The number of thioether (sulfide) groups is 1. The summed E-state index contributed by atoms with van der Waals surface area (Å²) in [7, 11) is 0. The van der Waals surface area contributed by atoms with E-state index in [-0.39, 0.29) is 5.91 Å². The van der Waals surface area contributed by atoms with Gasteiger partial charge < -0.3 is 10.1 Å². The van der Waals surface area contributed by atoms with Crippen LogP contribution in [-0.2, 0) is 9.53 Å². The molecule has 0 saturated carbocycles. The molecule has 2 heterocycles. The van der Waals surface area contributed by atoms with Gasteiger partial charge in [0.25, 0.3) is 5.91 Å². The number of carbonyl (C=O) groups excluding carboxylic acids is 1. The number of aliphatic imine (C=N–C) groups is 1. The number of halogens is 1. The Bertz CT molecular complexity index is 587. The summed E-state index contributed by atoms with van der Waals surface area (Å²) in [4.78, 5) is 16.5. The number of carbonyl (C=O) groups is 1. The Morgan fingerprint density at radius 1 is 1.38 bits per heavy atom. The average Bonchev–Trinajstić information content (AvgIpc) is 2.78. The number of ether oxygens (including phenoxy) is 1. The number of rotatable bonds is 2. The summed E-state index contributed by atoms with van der Waals surface area (Å²) in [5.41, 5.74) is 0.773. The van der Waals surface area contributed by atoms with Crippen molar-refractivity contribution in [1.82, 2.24) is 0 Å². The number of nitrogens with zero attached hydrogens (tertiary/aromatic N) is 1. The largest absolute Gasteiger partial charge is 0.381 e. The molecule has 4 nitrogen and oxygen atoms in total. The van der Waals surface area contributed by atoms with Crippen LogP contribution in [-0.4, -0.2) is 29.0 Å². The summed E-state index contributed by atoms with van der Waals surface area (Å²) in [5, 5.41) is 4.41. The molecule has 1 fully saturated rings. The first-order chi connectivity index (χ1) is 10.1. The zero-order valence-electron chi connectivity index (χ0n) is 11.8. The molecule has 1 N–H and O–H groups in total. The molecule has 1 atom stereocenters. The maximum absolute atomic E-state index is 12.4. The second-order valence-electron chi connectivity index (χ2n) is 5.42. The second-order valence-corrected chi connectivity index (χ2v) is 7.27. The summed E-state index contributed by atoms with van der Waals surface area (Å²) < 4.78 is 4.89. The smallest absolute Gasteiger partial charge is 0.264 e. The Morgan fingerprint density at radius 3 is 2.81 bits per heavy atom. The highest BCUT2D eigenvalue weighted by atomic mass is 35.5. The lowest BCUT2D eigenvalue weighted by atomic mass is 9.86. The monoisotopic (exact) mass is 324 g/mol. The van der Waals surface area contributed by atoms with Crippen molar-refractivity contribution in [2.24, 2.45) is 10.9 Å². The Hall–Kier alpha value is -1.04. The molecular weight excluding hydrogens is 308 g/mol. The van der Waals surface area contributed by atoms with Gasteiger partial charge >= 0.3 is 0 Å². The Labute approximate surface area is 133 Å². The standard InChI is InChI=1S/C15H17ClN2O2S/c1-15(10-6-8-20-9-7-10)13(19)18-14(21-15)17-12-5-3-2-4-11(12)16/h2-5,10H,6-9H2,1H3,(H,17,18,19). The summed E-state index contributed by atoms with van der Waals surface area (Å²) >= 11 is 7.64. The fourth-order valence-corrected chi connectivity index (χ4v) is 4.12. The quantitative estimate of drug-likeness (QED) is 0.903. The average molecular weight is 325 g/mol. The van der Waals surface area contributed by atoms with Gasteiger partial charge in [-0.15, -0.1) is 0 Å². The van der Waals surface area contributed by atoms with Crippen LogP contribution in [0.25, 0.3) is 0 Å². The van der Waals surface area contributed by atoms with E-state index in [2.05, 4.69) is 10.3 Å². The molecule has 1 unspecified atom stereocenters. The van der Waals surface area contributed by atoms with E-state index in [4.69, 9.17) is 16.3 Å². The Balaban J connectivity index is 1.74. The van der Waals surface area contributed by atoms with Gasteiger partial charge in [-0.05, 0) is 37.8 Å². The van der Waals surface area contributed by atoms with E-state index in [0.29, 0.717) is 16.1 Å². The van der Waals surface area contributed by atoms with Gasteiger partial charge in [-0.1, -0.05) is 35.5 Å². The third-order valence-corrected chi connectivity index (χ3v) is 5.70. The molecule has 0 bridgehead atoms. The van der Waals surface area contributed by atoms with E-state index in [9.17, 15) is 4.79 Å². The third-order valence-electron chi connectivity index (χ3n) is 4.05. The van der Waals surface area contributed by atoms with Crippen LogP contribution >= 0.6 is 23.4 Å². The molecule has 112 valence electrons. The molecule has 3 rings (SSSR count). The zero-order chi connectivity index (χ0) is 14.9. The van der Waals surface area contributed by atoms with Crippen molar-refractivity contribution >= 4 is 40.1 Å². The minimum atomic E-state index is -0.493. The van der Waals surface area contributed by atoms with E-state index in [1.54, 1.807) is 0 Å². The fourth-order valence-electron chi connectivity index (χ4n) is 2.71. The fraction of sp³-hybridized carbons (Fsp3) is 0.467. The topological polar surface area (TPSA) is 50.7 Å². The van der Waals surface area contributed by atoms with Gasteiger partial charge in [-0.2, -0.15) is 4.99 Å². The Kier molecular flexibility index (Phi) is 4.24. The molecule has 1 amide bonds. The van der Waals surface area contributed by atoms with Crippen molar-refractivity contribution in [3.05, 3.63) is 29.3 Å². The van der Waals surface area contributed by atoms with Crippen molar-refractivity contribution in [2.45, 2.75) is 24.5 Å². The number of para-hydroxylation sites is 1. The van der Waals surface area contributed by atoms with Gasteiger partial charge in [0.15, 0.2) is 5.17 Å². The second kappa shape index (κ2) is 5.99. The highest BCUT2D eigenvalue weighted by molar-refractivity contribution is 8.16. The summed E-state index contributed by atoms with van der Waals surface area (Å²) in [6.07, 6.45) is 1.81. The summed E-state index contributed by atoms with van der Waals surface area (Å²) in [6, 6.07) is 7.45. The molecule has 0 aliphatic carbocycles. The lowest BCUT2D eigenvalue weighted by Gasteiger charge is -2.33. The molecule has 1 aromatic carbocycles. The van der Waals surface area contributed by atoms with Gasteiger partial charge in [-0.25, -0.2) is 0 Å². The number of amidine groups is 1. The number of anilines is 1. The predicted octanol–water partition coefficient (Wildman–Crippen LogP) is 3.57. The summed E-state index contributed by atoms with van der Waals surface area (Å²) in [6.45, 7) is 3.43. The van der Waals surface area contributed by atoms with Crippen LogP contribution in [0.5, 0.6) is 0 Å². The van der Waals surface area contributed by atoms with Crippen molar-refractivity contribution < 1.29 is 9.53 Å². The molecule has 0 aromatic heterocycles. The van der Waals surface area contributed by atoms with Crippen LogP contribution in [0.1, 0.15) is 19.8 Å². The van der Waals surface area contributed by atoms with E-state index >= 15 is 0 Å². The van der Waals surface area contributed by atoms with Gasteiger partial charge in [0, 0.05) is 13.2 Å². The van der Waals surface area contributed by atoms with Crippen LogP contribution in [0.2, 0.25) is 5.02 Å². The molecular formula is C15H17ClN2O2S. The minimum Gasteiger partial charge on any atom is -0.381 e. The number of amides is 1. The minimum absolute atomic E-state index is 0.0612. The number of nitrogens with one attached hydrogen (secondary N) is 1. The van der Waals surface area contributed by atoms with Crippen molar-refractivity contribution in [3.63, 3.8) is 0 Å². The summed E-state index contributed by atoms with van der Waals surface area (Å²) in [5.74, 6) is 0.243. The first-order valence-corrected chi connectivity index (χ1v) is 8.20.